The Morgan fingerprint density at radius 1 is 0.861 bits per heavy atom. The van der Waals surface area contributed by atoms with Gasteiger partial charge in [0.2, 0.25) is 0 Å². The minimum Gasteiger partial charge on any atom is -0.481 e. The van der Waals surface area contributed by atoms with Gasteiger partial charge in [0.1, 0.15) is 5.69 Å². The van der Waals surface area contributed by atoms with Gasteiger partial charge in [-0.25, -0.2) is 4.98 Å². The van der Waals surface area contributed by atoms with Gasteiger partial charge in [-0.2, -0.15) is 0 Å². The molecule has 1 aromatic heterocycles. The first kappa shape index (κ1) is 27.2. The maximum Gasteiger partial charge on any atom is 0.304 e. The maximum absolute atomic E-state index is 12.3. The van der Waals surface area contributed by atoms with E-state index in [-0.39, 0.29) is 23.2 Å². The lowest BCUT2D eigenvalue weighted by atomic mass is 10.0. The molecule has 3 rings (SSSR count). The van der Waals surface area contributed by atoms with Crippen LogP contribution in [0.3, 0.4) is 0 Å². The van der Waals surface area contributed by atoms with Gasteiger partial charge in [-0.1, -0.05) is 54.6 Å². The van der Waals surface area contributed by atoms with Crippen LogP contribution in [-0.4, -0.2) is 44.4 Å². The quantitative estimate of drug-likeness (QED) is 0.193. The van der Waals surface area contributed by atoms with Crippen LogP contribution in [0.1, 0.15) is 51.7 Å². The monoisotopic (exact) mass is 521 g/mol. The Kier molecular flexibility index (Phi) is 10.3. The van der Waals surface area contributed by atoms with E-state index in [0.29, 0.717) is 22.9 Å². The van der Waals surface area contributed by atoms with Gasteiger partial charge in [0.15, 0.2) is 5.78 Å². The van der Waals surface area contributed by atoms with E-state index in [1.807, 2.05) is 78.9 Å². The highest BCUT2D eigenvalue weighted by atomic mass is 32.2. The highest BCUT2D eigenvalue weighted by Gasteiger charge is 2.15. The van der Waals surface area contributed by atoms with Crippen LogP contribution in [0.5, 0.6) is 0 Å². The minimum atomic E-state index is -0.857. The fraction of sp³-hybridized carbons (Fsp3) is 0.214. The van der Waals surface area contributed by atoms with Crippen LogP contribution >= 0.6 is 23.5 Å². The van der Waals surface area contributed by atoms with Crippen LogP contribution in [0.2, 0.25) is 0 Å². The zero-order valence-corrected chi connectivity index (χ0v) is 21.4. The zero-order valence-electron chi connectivity index (χ0n) is 19.8. The Balaban J connectivity index is 1.80. The average molecular weight is 522 g/mol. The van der Waals surface area contributed by atoms with Crippen LogP contribution in [-0.2, 0) is 9.59 Å². The third-order valence-electron chi connectivity index (χ3n) is 5.13. The van der Waals surface area contributed by atoms with E-state index in [0.717, 1.165) is 22.3 Å². The first-order valence-corrected chi connectivity index (χ1v) is 13.5. The maximum atomic E-state index is 12.3. The van der Waals surface area contributed by atoms with Gasteiger partial charge in [-0.3, -0.25) is 14.4 Å². The second-order valence-electron chi connectivity index (χ2n) is 7.92. The van der Waals surface area contributed by atoms with E-state index in [1.165, 1.54) is 30.4 Å². The number of hydrogen-bond acceptors (Lipinski definition) is 6. The molecule has 0 aliphatic carbocycles. The van der Waals surface area contributed by atoms with Gasteiger partial charge in [0, 0.05) is 24.0 Å². The van der Waals surface area contributed by atoms with Gasteiger partial charge in [0.05, 0.1) is 23.1 Å². The smallest absolute Gasteiger partial charge is 0.304 e. The number of thioether (sulfide) groups is 2. The number of aliphatic carboxylic acids is 2. The lowest BCUT2D eigenvalue weighted by Gasteiger charge is -2.16. The highest BCUT2D eigenvalue weighted by molar-refractivity contribution is 8.16. The van der Waals surface area contributed by atoms with Crippen molar-refractivity contribution in [1.82, 2.24) is 4.98 Å². The normalized spacial score (nSPS) is 11.2. The number of nitrogens with zero attached hydrogens (tertiary/aromatic N) is 1. The van der Waals surface area contributed by atoms with Crippen molar-refractivity contribution in [2.75, 3.05) is 11.5 Å². The molecule has 186 valence electrons. The van der Waals surface area contributed by atoms with Crippen molar-refractivity contribution in [2.45, 2.75) is 24.3 Å². The number of carboxylic acid groups (broad SMARTS) is 2. The standard InChI is InChI=1S/C28H27NO5S2/c1-19(30)27-24(21-7-3-2-4-8-21)13-12-23(29-27)11-10-20-6-5-9-22(18-20)28(35-16-14-25(31)32)36-17-15-26(33)34/h2-13,18,28H,14-17H2,1H3,(H,31,32)(H,33,34)/b11-10+. The van der Waals surface area contributed by atoms with E-state index < -0.39 is 11.9 Å². The van der Waals surface area contributed by atoms with E-state index >= 15 is 0 Å². The fourth-order valence-corrected chi connectivity index (χ4v) is 6.08. The van der Waals surface area contributed by atoms with Gasteiger partial charge < -0.3 is 10.2 Å². The molecule has 8 heteroatoms. The van der Waals surface area contributed by atoms with E-state index in [9.17, 15) is 14.4 Å². The predicted octanol–water partition coefficient (Wildman–Crippen LogP) is 6.54. The molecule has 0 spiro atoms. The lowest BCUT2D eigenvalue weighted by Crippen LogP contribution is -2.02. The van der Waals surface area contributed by atoms with Crippen molar-refractivity contribution >= 4 is 53.4 Å². The van der Waals surface area contributed by atoms with E-state index in [4.69, 9.17) is 10.2 Å². The molecule has 0 amide bonds. The number of hydrogen-bond donors (Lipinski definition) is 2. The predicted molar refractivity (Wildman–Crippen MR) is 147 cm³/mol. The molecule has 2 aromatic carbocycles. The third kappa shape index (κ3) is 8.39. The summed E-state index contributed by atoms with van der Waals surface area (Å²) >= 11 is 3.00. The second-order valence-corrected chi connectivity index (χ2v) is 10.6. The van der Waals surface area contributed by atoms with Crippen LogP contribution < -0.4 is 0 Å². The Labute approximate surface area is 218 Å². The minimum absolute atomic E-state index is 0.0450. The molecule has 0 aliphatic heterocycles. The molecule has 1 heterocycles. The number of ketones is 1. The molecular formula is C28H27NO5S2. The molecule has 0 atom stereocenters. The summed E-state index contributed by atoms with van der Waals surface area (Å²) in [5.74, 6) is -0.948. The van der Waals surface area contributed by atoms with Crippen LogP contribution in [0.4, 0.5) is 0 Å². The van der Waals surface area contributed by atoms with Gasteiger partial charge >= 0.3 is 11.9 Å². The van der Waals surface area contributed by atoms with E-state index in [2.05, 4.69) is 4.98 Å². The highest BCUT2D eigenvalue weighted by Crippen LogP contribution is 2.40. The first-order chi connectivity index (χ1) is 17.3. The summed E-state index contributed by atoms with van der Waals surface area (Å²) in [6, 6.07) is 21.3. The summed E-state index contributed by atoms with van der Waals surface area (Å²) in [4.78, 5) is 38.7. The van der Waals surface area contributed by atoms with Crippen LogP contribution in [0, 0.1) is 0 Å². The van der Waals surface area contributed by atoms with Crippen molar-refractivity contribution in [3.05, 3.63) is 89.2 Å². The Morgan fingerprint density at radius 2 is 1.53 bits per heavy atom. The summed E-state index contributed by atoms with van der Waals surface area (Å²) < 4.78 is -0.0790. The van der Waals surface area contributed by atoms with Crippen molar-refractivity contribution in [3.8, 4) is 11.1 Å². The molecule has 0 unspecified atom stereocenters. The van der Waals surface area contributed by atoms with Crippen molar-refractivity contribution < 1.29 is 24.6 Å². The lowest BCUT2D eigenvalue weighted by molar-refractivity contribution is -0.137. The molecule has 2 N–H and O–H groups in total. The number of carboxylic acids is 2. The third-order valence-corrected chi connectivity index (χ3v) is 7.98. The Hall–Kier alpha value is -3.36. The van der Waals surface area contributed by atoms with Crippen molar-refractivity contribution in [2.24, 2.45) is 0 Å². The number of carbonyl (C=O) groups is 3. The molecule has 0 radical (unpaired) electrons. The number of aromatic nitrogens is 1. The average Bonchev–Trinajstić information content (AvgIpc) is 2.86. The Bertz CT molecular complexity index is 1220. The molecular weight excluding hydrogens is 494 g/mol. The molecule has 0 saturated heterocycles. The Morgan fingerprint density at radius 3 is 2.14 bits per heavy atom. The summed E-state index contributed by atoms with van der Waals surface area (Å²) in [6.07, 6.45) is 3.86. The fourth-order valence-electron chi connectivity index (χ4n) is 3.42. The number of benzene rings is 2. The molecule has 0 fully saturated rings. The number of rotatable bonds is 13. The summed E-state index contributed by atoms with van der Waals surface area (Å²) in [6.45, 7) is 1.51. The molecule has 3 aromatic rings. The van der Waals surface area contributed by atoms with Crippen molar-refractivity contribution in [3.63, 3.8) is 0 Å². The SMILES string of the molecule is CC(=O)c1nc(/C=C/c2cccc(C(SCCC(=O)O)SCCC(=O)O)c2)ccc1-c1ccccc1. The second kappa shape index (κ2) is 13.7. The molecule has 0 saturated carbocycles. The summed E-state index contributed by atoms with van der Waals surface area (Å²) in [7, 11) is 0. The van der Waals surface area contributed by atoms with Gasteiger partial charge in [0.25, 0.3) is 0 Å². The first-order valence-electron chi connectivity index (χ1n) is 11.4. The largest absolute Gasteiger partial charge is 0.481 e. The van der Waals surface area contributed by atoms with Crippen molar-refractivity contribution in [1.29, 1.82) is 0 Å². The van der Waals surface area contributed by atoms with Crippen LogP contribution in [0.25, 0.3) is 23.3 Å². The number of carbonyl (C=O) groups excluding carboxylic acids is 1. The van der Waals surface area contributed by atoms with E-state index in [1.54, 1.807) is 0 Å². The summed E-state index contributed by atoms with van der Waals surface area (Å²) in [5, 5.41) is 17.9. The molecule has 0 aliphatic rings. The number of pyridine rings is 1. The van der Waals surface area contributed by atoms with Gasteiger partial charge in [-0.15, -0.1) is 23.5 Å². The molecule has 0 bridgehead atoms. The molecule has 36 heavy (non-hydrogen) atoms. The zero-order chi connectivity index (χ0) is 25.9. The number of Topliss-reactive ketones (excluding diaryl/α,β-unsaturated/α-hetero) is 1. The van der Waals surface area contributed by atoms with Gasteiger partial charge in [-0.05, 0) is 41.0 Å². The summed E-state index contributed by atoms with van der Waals surface area (Å²) in [5.41, 5.74) is 4.72. The topological polar surface area (TPSA) is 105 Å². The van der Waals surface area contributed by atoms with Crippen LogP contribution in [0.15, 0.2) is 66.7 Å². The molecule has 6 nitrogen and oxygen atoms in total.